The van der Waals surface area contributed by atoms with E-state index < -0.39 is 0 Å². The van der Waals surface area contributed by atoms with Crippen molar-refractivity contribution in [3.05, 3.63) is 48.3 Å². The zero-order valence-corrected chi connectivity index (χ0v) is 8.51. The summed E-state index contributed by atoms with van der Waals surface area (Å²) in [6.45, 7) is 0. The zero-order chi connectivity index (χ0) is 11.4. The van der Waals surface area contributed by atoms with Crippen LogP contribution in [0.2, 0.25) is 0 Å². The minimum Gasteiger partial charge on any atom is -0.397 e. The van der Waals surface area contributed by atoms with Gasteiger partial charge in [0.15, 0.2) is 0 Å². The number of nitriles is 1. The highest BCUT2D eigenvalue weighted by Gasteiger charge is 1.96. The van der Waals surface area contributed by atoms with Gasteiger partial charge in [0.05, 0.1) is 29.2 Å². The Morgan fingerprint density at radius 3 is 2.50 bits per heavy atom. The molecule has 0 spiro atoms. The standard InChI is InChI=1S/C12H10N4/c13-6-9-1-3-11(4-2-9)16-12-5-10(14)7-15-8-12/h1-5,7-8,16H,14H2. The van der Waals surface area contributed by atoms with Crippen molar-refractivity contribution in [1.29, 1.82) is 5.26 Å². The lowest BCUT2D eigenvalue weighted by Gasteiger charge is -2.06. The maximum atomic E-state index is 8.66. The molecule has 0 aliphatic heterocycles. The summed E-state index contributed by atoms with van der Waals surface area (Å²) >= 11 is 0. The van der Waals surface area contributed by atoms with Gasteiger partial charge in [-0.1, -0.05) is 0 Å². The number of anilines is 3. The Morgan fingerprint density at radius 1 is 1.12 bits per heavy atom. The summed E-state index contributed by atoms with van der Waals surface area (Å²) in [6.07, 6.45) is 3.28. The van der Waals surface area contributed by atoms with Crippen LogP contribution in [0.4, 0.5) is 17.1 Å². The highest BCUT2D eigenvalue weighted by Crippen LogP contribution is 2.17. The molecule has 0 amide bonds. The van der Waals surface area contributed by atoms with Gasteiger partial charge in [0.1, 0.15) is 0 Å². The first-order chi connectivity index (χ1) is 7.78. The molecule has 1 aromatic carbocycles. The SMILES string of the molecule is N#Cc1ccc(Nc2cncc(N)c2)cc1. The number of benzene rings is 1. The second kappa shape index (κ2) is 4.32. The van der Waals surface area contributed by atoms with Gasteiger partial charge in [-0.15, -0.1) is 0 Å². The molecule has 2 rings (SSSR count). The fraction of sp³-hybridized carbons (Fsp3) is 0. The predicted octanol–water partition coefficient (Wildman–Crippen LogP) is 2.28. The summed E-state index contributed by atoms with van der Waals surface area (Å²) in [4.78, 5) is 3.97. The molecular weight excluding hydrogens is 200 g/mol. The third-order valence-electron chi connectivity index (χ3n) is 2.06. The lowest BCUT2D eigenvalue weighted by molar-refractivity contribution is 1.32. The summed E-state index contributed by atoms with van der Waals surface area (Å²) in [5.41, 5.74) is 8.58. The second-order valence-corrected chi connectivity index (χ2v) is 3.32. The van der Waals surface area contributed by atoms with E-state index in [9.17, 15) is 0 Å². The van der Waals surface area contributed by atoms with Crippen molar-refractivity contribution in [3.63, 3.8) is 0 Å². The summed E-state index contributed by atoms with van der Waals surface area (Å²) in [6, 6.07) is 11.0. The molecule has 4 nitrogen and oxygen atoms in total. The Kier molecular flexibility index (Phi) is 2.70. The Bertz CT molecular complexity index is 525. The van der Waals surface area contributed by atoms with Gasteiger partial charge in [-0.05, 0) is 30.3 Å². The molecule has 1 aromatic heterocycles. The molecule has 4 heteroatoms. The van der Waals surface area contributed by atoms with Crippen LogP contribution in [0.3, 0.4) is 0 Å². The van der Waals surface area contributed by atoms with Crippen molar-refractivity contribution < 1.29 is 0 Å². The number of rotatable bonds is 2. The third kappa shape index (κ3) is 2.28. The van der Waals surface area contributed by atoms with Crippen molar-refractivity contribution >= 4 is 17.1 Å². The maximum absolute atomic E-state index is 8.66. The number of pyridine rings is 1. The quantitative estimate of drug-likeness (QED) is 0.797. The average Bonchev–Trinajstić information content (AvgIpc) is 2.30. The molecule has 0 fully saturated rings. The van der Waals surface area contributed by atoms with Crippen LogP contribution < -0.4 is 11.1 Å². The van der Waals surface area contributed by atoms with Crippen molar-refractivity contribution in [1.82, 2.24) is 4.98 Å². The first kappa shape index (κ1) is 9.99. The van der Waals surface area contributed by atoms with E-state index in [1.54, 1.807) is 30.6 Å². The minimum absolute atomic E-state index is 0.610. The number of nitrogens with zero attached hydrogens (tertiary/aromatic N) is 2. The Labute approximate surface area is 93.4 Å². The first-order valence-corrected chi connectivity index (χ1v) is 4.75. The fourth-order valence-electron chi connectivity index (χ4n) is 1.32. The van der Waals surface area contributed by atoms with E-state index in [1.165, 1.54) is 0 Å². The molecule has 2 aromatic rings. The average molecular weight is 210 g/mol. The number of nitrogens with one attached hydrogen (secondary N) is 1. The van der Waals surface area contributed by atoms with E-state index in [0.717, 1.165) is 11.4 Å². The van der Waals surface area contributed by atoms with Crippen molar-refractivity contribution in [2.24, 2.45) is 0 Å². The fourth-order valence-corrected chi connectivity index (χ4v) is 1.32. The molecule has 78 valence electrons. The van der Waals surface area contributed by atoms with Gasteiger partial charge in [0.25, 0.3) is 0 Å². The molecule has 0 aliphatic carbocycles. The Morgan fingerprint density at radius 2 is 1.88 bits per heavy atom. The van der Waals surface area contributed by atoms with E-state index in [2.05, 4.69) is 16.4 Å². The molecule has 3 N–H and O–H groups in total. The molecule has 0 atom stereocenters. The van der Waals surface area contributed by atoms with Crippen LogP contribution in [0, 0.1) is 11.3 Å². The van der Waals surface area contributed by atoms with Crippen molar-refractivity contribution in [2.45, 2.75) is 0 Å². The van der Waals surface area contributed by atoms with Gasteiger partial charge >= 0.3 is 0 Å². The van der Waals surface area contributed by atoms with Crippen LogP contribution >= 0.6 is 0 Å². The molecule has 0 saturated carbocycles. The van der Waals surface area contributed by atoms with Gasteiger partial charge in [0.2, 0.25) is 0 Å². The van der Waals surface area contributed by atoms with Crippen LogP contribution in [-0.2, 0) is 0 Å². The summed E-state index contributed by atoms with van der Waals surface area (Å²) in [7, 11) is 0. The molecule has 16 heavy (non-hydrogen) atoms. The largest absolute Gasteiger partial charge is 0.397 e. The number of aromatic nitrogens is 1. The lowest BCUT2D eigenvalue weighted by atomic mass is 10.2. The van der Waals surface area contributed by atoms with Crippen LogP contribution in [0.5, 0.6) is 0 Å². The smallest absolute Gasteiger partial charge is 0.0991 e. The van der Waals surface area contributed by atoms with Crippen LogP contribution in [0.1, 0.15) is 5.56 Å². The summed E-state index contributed by atoms with van der Waals surface area (Å²) in [5, 5.41) is 11.8. The van der Waals surface area contributed by atoms with Gasteiger partial charge in [0, 0.05) is 11.9 Å². The number of nitrogens with two attached hydrogens (primary N) is 1. The Balaban J connectivity index is 2.18. The molecular formula is C12H10N4. The number of hydrogen-bond donors (Lipinski definition) is 2. The zero-order valence-electron chi connectivity index (χ0n) is 8.51. The second-order valence-electron chi connectivity index (χ2n) is 3.32. The normalized spacial score (nSPS) is 9.44. The number of nitrogen functional groups attached to an aromatic ring is 1. The van der Waals surface area contributed by atoms with Gasteiger partial charge in [-0.3, -0.25) is 4.98 Å². The van der Waals surface area contributed by atoms with Crippen LogP contribution in [0.25, 0.3) is 0 Å². The topological polar surface area (TPSA) is 74.7 Å². The molecule has 1 heterocycles. The van der Waals surface area contributed by atoms with Crippen molar-refractivity contribution in [2.75, 3.05) is 11.1 Å². The van der Waals surface area contributed by atoms with Crippen LogP contribution in [0.15, 0.2) is 42.7 Å². The van der Waals surface area contributed by atoms with Gasteiger partial charge < -0.3 is 11.1 Å². The van der Waals surface area contributed by atoms with E-state index in [0.29, 0.717) is 11.3 Å². The highest BCUT2D eigenvalue weighted by molar-refractivity contribution is 5.62. The number of hydrogen-bond acceptors (Lipinski definition) is 4. The van der Waals surface area contributed by atoms with E-state index in [4.69, 9.17) is 11.0 Å². The molecule has 0 bridgehead atoms. The first-order valence-electron chi connectivity index (χ1n) is 4.75. The van der Waals surface area contributed by atoms with Gasteiger partial charge in [-0.25, -0.2) is 0 Å². The highest BCUT2D eigenvalue weighted by atomic mass is 14.9. The maximum Gasteiger partial charge on any atom is 0.0991 e. The molecule has 0 unspecified atom stereocenters. The Hall–Kier alpha value is -2.54. The predicted molar refractivity (Wildman–Crippen MR) is 63.1 cm³/mol. The molecule has 0 saturated heterocycles. The summed E-state index contributed by atoms with van der Waals surface area (Å²) in [5.74, 6) is 0. The van der Waals surface area contributed by atoms with Crippen molar-refractivity contribution in [3.8, 4) is 6.07 Å². The monoisotopic (exact) mass is 210 g/mol. The van der Waals surface area contributed by atoms with E-state index >= 15 is 0 Å². The van der Waals surface area contributed by atoms with Gasteiger partial charge in [-0.2, -0.15) is 5.26 Å². The lowest BCUT2D eigenvalue weighted by Crippen LogP contribution is -1.93. The minimum atomic E-state index is 0.610. The van der Waals surface area contributed by atoms with E-state index in [1.807, 2.05) is 12.1 Å². The van der Waals surface area contributed by atoms with E-state index in [-0.39, 0.29) is 0 Å². The van der Waals surface area contributed by atoms with Crippen LogP contribution in [-0.4, -0.2) is 4.98 Å². The molecule has 0 radical (unpaired) electrons. The summed E-state index contributed by atoms with van der Waals surface area (Å²) < 4.78 is 0. The third-order valence-corrected chi connectivity index (χ3v) is 2.06. The molecule has 0 aliphatic rings.